The molecule has 1 amide bonds. The topological polar surface area (TPSA) is 54.5 Å². The van der Waals surface area contributed by atoms with Crippen LogP contribution in [-0.4, -0.2) is 41.5 Å². The number of aromatic nitrogens is 1. The molecule has 20 heavy (non-hydrogen) atoms. The lowest BCUT2D eigenvalue weighted by Crippen LogP contribution is -2.31. The van der Waals surface area contributed by atoms with Crippen LogP contribution in [0.1, 0.15) is 34.1 Å². The van der Waals surface area contributed by atoms with Gasteiger partial charge in [0, 0.05) is 32.3 Å². The van der Waals surface area contributed by atoms with Gasteiger partial charge < -0.3 is 15.0 Å². The molecule has 0 fully saturated rings. The molecular formula is C15H25N3O2. The van der Waals surface area contributed by atoms with E-state index in [0.717, 1.165) is 18.8 Å². The highest BCUT2D eigenvalue weighted by Crippen LogP contribution is 2.21. The maximum atomic E-state index is 11.9. The first-order chi connectivity index (χ1) is 9.58. The van der Waals surface area contributed by atoms with Crippen LogP contribution in [0.25, 0.3) is 0 Å². The molecule has 0 saturated carbocycles. The highest BCUT2D eigenvalue weighted by molar-refractivity contribution is 5.76. The average Bonchev–Trinajstić information content (AvgIpc) is 2.41. The van der Waals surface area contributed by atoms with Gasteiger partial charge in [0.05, 0.1) is 6.10 Å². The third-order valence-corrected chi connectivity index (χ3v) is 2.88. The normalized spacial score (nSPS) is 10.4. The lowest BCUT2D eigenvalue weighted by atomic mass is 10.3. The van der Waals surface area contributed by atoms with Crippen molar-refractivity contribution < 1.29 is 9.53 Å². The summed E-state index contributed by atoms with van der Waals surface area (Å²) in [5.74, 6) is 1.57. The highest BCUT2D eigenvalue weighted by atomic mass is 16.5. The van der Waals surface area contributed by atoms with Gasteiger partial charge in [-0.1, -0.05) is 0 Å². The zero-order valence-corrected chi connectivity index (χ0v) is 12.8. The number of nitrogens with one attached hydrogen (secondary N) is 1. The van der Waals surface area contributed by atoms with E-state index in [1.807, 2.05) is 44.7 Å². The van der Waals surface area contributed by atoms with Crippen LogP contribution in [0.4, 0.5) is 5.82 Å². The predicted molar refractivity (Wildman–Crippen MR) is 81.0 cm³/mol. The van der Waals surface area contributed by atoms with E-state index in [1.165, 1.54) is 0 Å². The van der Waals surface area contributed by atoms with E-state index in [4.69, 9.17) is 4.74 Å². The number of ether oxygens (including phenoxy) is 1. The minimum atomic E-state index is 0.0945. The van der Waals surface area contributed by atoms with Gasteiger partial charge >= 0.3 is 0 Å². The van der Waals surface area contributed by atoms with Crippen molar-refractivity contribution in [2.24, 2.45) is 0 Å². The largest absolute Gasteiger partial charge is 0.487 e. The molecule has 1 rings (SSSR count). The summed E-state index contributed by atoms with van der Waals surface area (Å²) in [5, 5.41) is 3.17. The van der Waals surface area contributed by atoms with Crippen molar-refractivity contribution in [2.45, 2.75) is 40.2 Å². The number of carbonyl (C=O) groups excluding carboxylic acids is 1. The maximum absolute atomic E-state index is 11.9. The molecule has 1 N–H and O–H groups in total. The van der Waals surface area contributed by atoms with Crippen LogP contribution in [0.3, 0.4) is 0 Å². The number of amides is 1. The number of carbonyl (C=O) groups is 1. The zero-order valence-electron chi connectivity index (χ0n) is 12.8. The molecule has 5 heteroatoms. The molecule has 0 spiro atoms. The van der Waals surface area contributed by atoms with Gasteiger partial charge in [0.25, 0.3) is 0 Å². The second-order valence-corrected chi connectivity index (χ2v) is 4.76. The van der Waals surface area contributed by atoms with Crippen LogP contribution < -0.4 is 10.1 Å². The molecule has 0 unspecified atom stereocenters. The molecule has 0 atom stereocenters. The van der Waals surface area contributed by atoms with Gasteiger partial charge in [-0.2, -0.15) is 0 Å². The number of hydrogen-bond donors (Lipinski definition) is 1. The fraction of sp³-hybridized carbons (Fsp3) is 0.600. The van der Waals surface area contributed by atoms with Crippen LogP contribution in [0.5, 0.6) is 5.75 Å². The van der Waals surface area contributed by atoms with Crippen molar-refractivity contribution in [3.8, 4) is 5.75 Å². The van der Waals surface area contributed by atoms with Gasteiger partial charge in [-0.3, -0.25) is 4.79 Å². The molecule has 0 aliphatic carbocycles. The van der Waals surface area contributed by atoms with Crippen LogP contribution in [0, 0.1) is 0 Å². The summed E-state index contributed by atoms with van der Waals surface area (Å²) in [7, 11) is 0. The summed E-state index contributed by atoms with van der Waals surface area (Å²) in [6, 6.07) is 3.71. The van der Waals surface area contributed by atoms with Crippen molar-refractivity contribution >= 4 is 11.7 Å². The first-order valence-corrected chi connectivity index (χ1v) is 7.21. The van der Waals surface area contributed by atoms with Crippen molar-refractivity contribution in [3.05, 3.63) is 18.3 Å². The monoisotopic (exact) mass is 279 g/mol. The molecule has 0 aromatic carbocycles. The van der Waals surface area contributed by atoms with E-state index in [2.05, 4.69) is 10.3 Å². The summed E-state index contributed by atoms with van der Waals surface area (Å²) in [6.07, 6.45) is 2.26. The quantitative estimate of drug-likeness (QED) is 0.794. The van der Waals surface area contributed by atoms with Crippen molar-refractivity contribution in [2.75, 3.05) is 25.0 Å². The summed E-state index contributed by atoms with van der Waals surface area (Å²) >= 11 is 0. The SMILES string of the molecule is CCN(CC)C(=O)CCNc1ncccc1OC(C)C. The number of nitrogens with zero attached hydrogens (tertiary/aromatic N) is 2. The van der Waals surface area contributed by atoms with Gasteiger partial charge in [0.2, 0.25) is 5.91 Å². The molecule has 1 aromatic heterocycles. The van der Waals surface area contributed by atoms with Crippen molar-refractivity contribution in [3.63, 3.8) is 0 Å². The summed E-state index contributed by atoms with van der Waals surface area (Å²) in [5.41, 5.74) is 0. The molecule has 1 heterocycles. The fourth-order valence-electron chi connectivity index (χ4n) is 1.89. The van der Waals surface area contributed by atoms with Gasteiger partial charge in [-0.15, -0.1) is 0 Å². The molecule has 1 aromatic rings. The Morgan fingerprint density at radius 3 is 2.70 bits per heavy atom. The first kappa shape index (κ1) is 16.3. The number of pyridine rings is 1. The number of anilines is 1. The van der Waals surface area contributed by atoms with Gasteiger partial charge in [-0.25, -0.2) is 4.98 Å². The van der Waals surface area contributed by atoms with Crippen LogP contribution in [0.2, 0.25) is 0 Å². The third-order valence-electron chi connectivity index (χ3n) is 2.88. The molecule has 112 valence electrons. The summed E-state index contributed by atoms with van der Waals surface area (Å²) < 4.78 is 5.67. The van der Waals surface area contributed by atoms with E-state index in [9.17, 15) is 4.79 Å². The Morgan fingerprint density at radius 2 is 2.10 bits per heavy atom. The summed E-state index contributed by atoms with van der Waals surface area (Å²) in [4.78, 5) is 18.0. The fourth-order valence-corrected chi connectivity index (χ4v) is 1.89. The zero-order chi connectivity index (χ0) is 15.0. The van der Waals surface area contributed by atoms with E-state index in [1.54, 1.807) is 6.20 Å². The second-order valence-electron chi connectivity index (χ2n) is 4.76. The first-order valence-electron chi connectivity index (χ1n) is 7.21. The number of hydrogen-bond acceptors (Lipinski definition) is 4. The van der Waals surface area contributed by atoms with E-state index in [-0.39, 0.29) is 12.0 Å². The number of rotatable bonds is 8. The van der Waals surface area contributed by atoms with Crippen LogP contribution in [0.15, 0.2) is 18.3 Å². The highest BCUT2D eigenvalue weighted by Gasteiger charge is 2.10. The minimum Gasteiger partial charge on any atom is -0.487 e. The van der Waals surface area contributed by atoms with Crippen molar-refractivity contribution in [1.82, 2.24) is 9.88 Å². The van der Waals surface area contributed by atoms with E-state index in [0.29, 0.717) is 18.8 Å². The van der Waals surface area contributed by atoms with Crippen LogP contribution in [-0.2, 0) is 4.79 Å². The Morgan fingerprint density at radius 1 is 1.40 bits per heavy atom. The molecular weight excluding hydrogens is 254 g/mol. The summed E-state index contributed by atoms with van der Waals surface area (Å²) in [6.45, 7) is 9.98. The van der Waals surface area contributed by atoms with E-state index < -0.39 is 0 Å². The molecule has 0 saturated heterocycles. The minimum absolute atomic E-state index is 0.0945. The Bertz CT molecular complexity index is 417. The Hall–Kier alpha value is -1.78. The third kappa shape index (κ3) is 5.07. The average molecular weight is 279 g/mol. The molecule has 0 aliphatic heterocycles. The van der Waals surface area contributed by atoms with Gasteiger partial charge in [0.1, 0.15) is 0 Å². The lowest BCUT2D eigenvalue weighted by molar-refractivity contribution is -0.130. The lowest BCUT2D eigenvalue weighted by Gasteiger charge is -2.19. The second kappa shape index (κ2) is 8.40. The van der Waals surface area contributed by atoms with E-state index >= 15 is 0 Å². The molecule has 0 bridgehead atoms. The Balaban J connectivity index is 2.51. The van der Waals surface area contributed by atoms with Gasteiger partial charge in [-0.05, 0) is 39.8 Å². The molecule has 5 nitrogen and oxygen atoms in total. The maximum Gasteiger partial charge on any atom is 0.224 e. The Labute approximate surface area is 121 Å². The Kier molecular flexibility index (Phi) is 6.84. The van der Waals surface area contributed by atoms with Gasteiger partial charge in [0.15, 0.2) is 11.6 Å². The standard InChI is InChI=1S/C15H25N3O2/c1-5-18(6-2)14(19)9-11-17-15-13(20-12(3)4)8-7-10-16-15/h7-8,10,12H,5-6,9,11H2,1-4H3,(H,16,17). The predicted octanol–water partition coefficient (Wildman–Crippen LogP) is 2.54. The molecule has 0 radical (unpaired) electrons. The smallest absolute Gasteiger partial charge is 0.224 e. The van der Waals surface area contributed by atoms with Crippen LogP contribution >= 0.6 is 0 Å². The van der Waals surface area contributed by atoms with Crippen molar-refractivity contribution in [1.29, 1.82) is 0 Å². The molecule has 0 aliphatic rings.